The SMILES string of the molecule is CCOc1ccc(/C=C/C(=O)OCC(=O)Nc2ccc(N3CCN(CC)CC3)cc2)cc1OC. The fraction of sp³-hybridized carbons (Fsp3) is 0.385. The highest BCUT2D eigenvalue weighted by Gasteiger charge is 2.16. The first kappa shape index (κ1) is 25.1. The Hall–Kier alpha value is -3.52. The van der Waals surface area contributed by atoms with E-state index >= 15 is 0 Å². The number of amides is 1. The fourth-order valence-corrected chi connectivity index (χ4v) is 3.69. The highest BCUT2D eigenvalue weighted by atomic mass is 16.5. The van der Waals surface area contributed by atoms with Gasteiger partial charge in [-0.05, 0) is 61.5 Å². The zero-order valence-electron chi connectivity index (χ0n) is 20.1. The number of carbonyl (C=O) groups is 2. The number of benzene rings is 2. The third-order valence-corrected chi connectivity index (χ3v) is 5.58. The molecule has 0 aliphatic carbocycles. The Kier molecular flexibility index (Phi) is 9.34. The average Bonchev–Trinajstić information content (AvgIpc) is 2.87. The van der Waals surface area contributed by atoms with Gasteiger partial charge >= 0.3 is 5.97 Å². The Bertz CT molecular complexity index is 982. The summed E-state index contributed by atoms with van der Waals surface area (Å²) in [4.78, 5) is 28.9. The van der Waals surface area contributed by atoms with Crippen LogP contribution in [0.3, 0.4) is 0 Å². The summed E-state index contributed by atoms with van der Waals surface area (Å²) in [5.74, 6) is 0.206. The molecule has 1 aliphatic heterocycles. The van der Waals surface area contributed by atoms with Crippen LogP contribution in [0.4, 0.5) is 11.4 Å². The van der Waals surface area contributed by atoms with Crippen molar-refractivity contribution in [2.75, 3.05) is 63.3 Å². The van der Waals surface area contributed by atoms with E-state index < -0.39 is 11.9 Å². The van der Waals surface area contributed by atoms with Crippen molar-refractivity contribution in [1.82, 2.24) is 4.90 Å². The number of likely N-dealkylation sites (N-methyl/N-ethyl adjacent to an activating group) is 1. The van der Waals surface area contributed by atoms with E-state index in [1.807, 2.05) is 31.2 Å². The molecule has 0 bridgehead atoms. The van der Waals surface area contributed by atoms with Gasteiger partial charge < -0.3 is 29.3 Å². The van der Waals surface area contributed by atoms with Gasteiger partial charge in [-0.15, -0.1) is 0 Å². The molecule has 0 spiro atoms. The van der Waals surface area contributed by atoms with Crippen LogP contribution in [-0.2, 0) is 14.3 Å². The quantitative estimate of drug-likeness (QED) is 0.424. The molecular formula is C26H33N3O5. The van der Waals surface area contributed by atoms with Crippen molar-refractivity contribution in [3.8, 4) is 11.5 Å². The normalized spacial score (nSPS) is 14.1. The molecule has 0 aromatic heterocycles. The summed E-state index contributed by atoms with van der Waals surface area (Å²) in [6.07, 6.45) is 2.87. The van der Waals surface area contributed by atoms with Crippen molar-refractivity contribution in [3.05, 3.63) is 54.1 Å². The van der Waals surface area contributed by atoms with Crippen LogP contribution in [0, 0.1) is 0 Å². The average molecular weight is 468 g/mol. The number of ether oxygens (including phenoxy) is 3. The molecule has 1 heterocycles. The van der Waals surface area contributed by atoms with Crippen LogP contribution in [0.2, 0.25) is 0 Å². The minimum Gasteiger partial charge on any atom is -0.493 e. The van der Waals surface area contributed by atoms with Crippen LogP contribution in [0.5, 0.6) is 11.5 Å². The van der Waals surface area contributed by atoms with Gasteiger partial charge in [0, 0.05) is 43.6 Å². The third kappa shape index (κ3) is 7.25. The molecule has 8 heteroatoms. The van der Waals surface area contributed by atoms with Gasteiger partial charge in [-0.3, -0.25) is 4.79 Å². The maximum Gasteiger partial charge on any atom is 0.331 e. The molecule has 1 aliphatic rings. The number of anilines is 2. The molecule has 0 atom stereocenters. The monoisotopic (exact) mass is 467 g/mol. The number of hydrogen-bond acceptors (Lipinski definition) is 7. The molecule has 8 nitrogen and oxygen atoms in total. The highest BCUT2D eigenvalue weighted by molar-refractivity contribution is 5.94. The molecule has 1 fully saturated rings. The van der Waals surface area contributed by atoms with Crippen LogP contribution in [0.15, 0.2) is 48.5 Å². The van der Waals surface area contributed by atoms with Crippen LogP contribution in [0.25, 0.3) is 6.08 Å². The minimum atomic E-state index is -0.607. The number of nitrogens with zero attached hydrogens (tertiary/aromatic N) is 2. The predicted molar refractivity (Wildman–Crippen MR) is 134 cm³/mol. The van der Waals surface area contributed by atoms with Crippen molar-refractivity contribution in [1.29, 1.82) is 0 Å². The van der Waals surface area contributed by atoms with Crippen LogP contribution in [-0.4, -0.2) is 69.8 Å². The maximum atomic E-state index is 12.2. The highest BCUT2D eigenvalue weighted by Crippen LogP contribution is 2.28. The van der Waals surface area contributed by atoms with Crippen molar-refractivity contribution in [2.45, 2.75) is 13.8 Å². The first-order chi connectivity index (χ1) is 16.5. The van der Waals surface area contributed by atoms with Crippen LogP contribution >= 0.6 is 0 Å². The molecule has 0 saturated carbocycles. The lowest BCUT2D eigenvalue weighted by Crippen LogP contribution is -2.46. The maximum absolute atomic E-state index is 12.2. The molecule has 2 aromatic carbocycles. The molecule has 1 N–H and O–H groups in total. The topological polar surface area (TPSA) is 80.3 Å². The summed E-state index contributed by atoms with van der Waals surface area (Å²) in [7, 11) is 1.55. The summed E-state index contributed by atoms with van der Waals surface area (Å²) in [5, 5.41) is 2.75. The molecule has 182 valence electrons. The van der Waals surface area contributed by atoms with E-state index in [2.05, 4.69) is 22.0 Å². The van der Waals surface area contributed by atoms with E-state index in [1.54, 1.807) is 31.4 Å². The van der Waals surface area contributed by atoms with Crippen LogP contribution in [0.1, 0.15) is 19.4 Å². The molecule has 34 heavy (non-hydrogen) atoms. The van der Waals surface area contributed by atoms with Gasteiger partial charge in [0.1, 0.15) is 0 Å². The van der Waals surface area contributed by atoms with Crippen molar-refractivity contribution in [3.63, 3.8) is 0 Å². The lowest BCUT2D eigenvalue weighted by atomic mass is 10.2. The molecule has 1 saturated heterocycles. The minimum absolute atomic E-state index is 0.365. The Morgan fingerprint density at radius 2 is 1.74 bits per heavy atom. The van der Waals surface area contributed by atoms with E-state index in [-0.39, 0.29) is 6.61 Å². The molecule has 2 aromatic rings. The number of hydrogen-bond donors (Lipinski definition) is 1. The van der Waals surface area contributed by atoms with Gasteiger partial charge in [-0.2, -0.15) is 0 Å². The van der Waals surface area contributed by atoms with Gasteiger partial charge in [0.2, 0.25) is 0 Å². The summed E-state index contributed by atoms with van der Waals surface area (Å²) in [5.41, 5.74) is 2.54. The van der Waals surface area contributed by atoms with Crippen LogP contribution < -0.4 is 19.7 Å². The number of esters is 1. The standard InChI is InChI=1S/C26H33N3O5/c1-4-28-14-16-29(17-15-28)22-10-8-21(9-11-22)27-25(30)19-34-26(31)13-7-20-6-12-23(33-5-2)24(18-20)32-3/h6-13,18H,4-5,14-17,19H2,1-3H3,(H,27,30)/b13-7+. The first-order valence-electron chi connectivity index (χ1n) is 11.5. The number of rotatable bonds is 10. The lowest BCUT2D eigenvalue weighted by Gasteiger charge is -2.35. The summed E-state index contributed by atoms with van der Waals surface area (Å²) >= 11 is 0. The van der Waals surface area contributed by atoms with Gasteiger partial charge in [0.25, 0.3) is 5.91 Å². The number of nitrogens with one attached hydrogen (secondary N) is 1. The van der Waals surface area contributed by atoms with E-state index in [4.69, 9.17) is 14.2 Å². The Morgan fingerprint density at radius 1 is 1.00 bits per heavy atom. The van der Waals surface area contributed by atoms with E-state index in [9.17, 15) is 9.59 Å². The molecule has 1 amide bonds. The van der Waals surface area contributed by atoms with E-state index in [1.165, 1.54) is 6.08 Å². The van der Waals surface area contributed by atoms with Gasteiger partial charge in [-0.25, -0.2) is 4.79 Å². The Labute approximate surface area is 201 Å². The van der Waals surface area contributed by atoms with Gasteiger partial charge in [0.05, 0.1) is 13.7 Å². The summed E-state index contributed by atoms with van der Waals surface area (Å²) in [6, 6.07) is 13.1. The first-order valence-corrected chi connectivity index (χ1v) is 11.5. The predicted octanol–water partition coefficient (Wildman–Crippen LogP) is 3.43. The zero-order chi connectivity index (χ0) is 24.3. The third-order valence-electron chi connectivity index (χ3n) is 5.58. The summed E-state index contributed by atoms with van der Waals surface area (Å²) < 4.78 is 15.8. The van der Waals surface area contributed by atoms with Gasteiger partial charge in [-0.1, -0.05) is 13.0 Å². The molecule has 3 rings (SSSR count). The van der Waals surface area contributed by atoms with Crippen molar-refractivity contribution >= 4 is 29.3 Å². The smallest absolute Gasteiger partial charge is 0.331 e. The molecule has 0 radical (unpaired) electrons. The summed E-state index contributed by atoms with van der Waals surface area (Å²) in [6.45, 7) is 9.41. The second-order valence-corrected chi connectivity index (χ2v) is 7.80. The largest absolute Gasteiger partial charge is 0.493 e. The Balaban J connectivity index is 1.44. The van der Waals surface area contributed by atoms with Crippen molar-refractivity contribution in [2.24, 2.45) is 0 Å². The fourth-order valence-electron chi connectivity index (χ4n) is 3.69. The Morgan fingerprint density at radius 3 is 2.38 bits per heavy atom. The number of carbonyl (C=O) groups excluding carboxylic acids is 2. The van der Waals surface area contributed by atoms with E-state index in [0.717, 1.165) is 44.0 Å². The second-order valence-electron chi connectivity index (χ2n) is 7.80. The molecular weight excluding hydrogens is 434 g/mol. The lowest BCUT2D eigenvalue weighted by molar-refractivity contribution is -0.142. The number of methoxy groups -OCH3 is 1. The van der Waals surface area contributed by atoms with Gasteiger partial charge in [0.15, 0.2) is 18.1 Å². The van der Waals surface area contributed by atoms with E-state index in [0.29, 0.717) is 23.8 Å². The zero-order valence-corrected chi connectivity index (χ0v) is 20.1. The van der Waals surface area contributed by atoms with Crippen molar-refractivity contribution < 1.29 is 23.8 Å². The number of piperazine rings is 1. The second kappa shape index (κ2) is 12.6. The molecule has 0 unspecified atom stereocenters.